The van der Waals surface area contributed by atoms with Crippen molar-refractivity contribution < 1.29 is 48.4 Å². The van der Waals surface area contributed by atoms with E-state index in [9.17, 15) is 34.5 Å². The van der Waals surface area contributed by atoms with Crippen molar-refractivity contribution in [3.05, 3.63) is 114 Å². The molecule has 1 amide bonds. The fourth-order valence-electron chi connectivity index (χ4n) is 8.06. The summed E-state index contributed by atoms with van der Waals surface area (Å²) in [7, 11) is 4.82. The molecule has 0 unspecified atom stereocenters. The number of benzene rings is 5. The van der Waals surface area contributed by atoms with Crippen LogP contribution >= 0.6 is 0 Å². The number of likely N-dealkylation sites (N-methyl/N-ethyl adjacent to an activating group) is 2. The van der Waals surface area contributed by atoms with Gasteiger partial charge in [0.15, 0.2) is 0 Å². The lowest BCUT2D eigenvalue weighted by Gasteiger charge is -2.33. The lowest BCUT2D eigenvalue weighted by atomic mass is 9.87. The van der Waals surface area contributed by atoms with E-state index in [-0.39, 0.29) is 48.7 Å². The second-order valence-corrected chi connectivity index (χ2v) is 15.7. The van der Waals surface area contributed by atoms with Gasteiger partial charge in [-0.15, -0.1) is 0 Å². The average molecular weight is 854 g/mol. The summed E-state index contributed by atoms with van der Waals surface area (Å²) in [6.07, 6.45) is 2.17. The van der Waals surface area contributed by atoms with E-state index in [1.54, 1.807) is 74.6 Å². The zero-order valence-electron chi connectivity index (χ0n) is 35.2. The molecule has 15 nitrogen and oxygen atoms in total. The highest BCUT2D eigenvalue weighted by molar-refractivity contribution is 6.17. The number of hydrogen-bond acceptors (Lipinski definition) is 11. The number of nitrogens with zero attached hydrogens (tertiary/aromatic N) is 5. The molecule has 1 aliphatic carbocycles. The van der Waals surface area contributed by atoms with Gasteiger partial charge in [0.1, 0.15) is 62.2 Å². The van der Waals surface area contributed by atoms with Crippen molar-refractivity contribution >= 4 is 57.5 Å². The van der Waals surface area contributed by atoms with E-state index in [1.807, 2.05) is 36.4 Å². The molecule has 63 heavy (non-hydrogen) atoms. The van der Waals surface area contributed by atoms with Crippen LogP contribution in [0.25, 0.3) is 33.4 Å². The van der Waals surface area contributed by atoms with Gasteiger partial charge in [0, 0.05) is 97.0 Å². The number of carboxylic acids is 3. The molecule has 4 aliphatic rings. The molecule has 0 atom stereocenters. The zero-order valence-corrected chi connectivity index (χ0v) is 35.2. The predicted molar refractivity (Wildman–Crippen MR) is 237 cm³/mol. The van der Waals surface area contributed by atoms with Crippen LogP contribution < -0.4 is 44.1 Å². The maximum atomic E-state index is 14.9. The van der Waals surface area contributed by atoms with Crippen LogP contribution in [0.5, 0.6) is 11.5 Å². The fraction of sp³-hybridized carbons (Fsp3) is 0.271. The van der Waals surface area contributed by atoms with Crippen molar-refractivity contribution in [2.75, 3.05) is 93.2 Å². The third kappa shape index (κ3) is 8.67. The SMILES string of the molecule is CN(CC(=O)O)c1ccccc1OCCOc1cc(N(C)C(=O)c2cccc(C(=O)[O-])c2-c2c3ccc(=[N+]4CCC4)cc-3oc3cc(N4CCC4)ccc23)ccc1N(C)CC(=O)O. The largest absolute Gasteiger partial charge is 0.545 e. The van der Waals surface area contributed by atoms with Crippen molar-refractivity contribution in [3.8, 4) is 33.9 Å². The monoisotopic (exact) mass is 853 g/mol. The molecule has 324 valence electrons. The number of carbonyl (C=O) groups is 4. The number of anilines is 4. The Morgan fingerprint density at radius 2 is 1.41 bits per heavy atom. The molecule has 8 rings (SSSR count). The number of amides is 1. The Hall–Kier alpha value is -7.55. The van der Waals surface area contributed by atoms with Gasteiger partial charge in [0.05, 0.1) is 29.8 Å². The maximum Gasteiger partial charge on any atom is 0.323 e. The van der Waals surface area contributed by atoms with Crippen molar-refractivity contribution in [2.24, 2.45) is 0 Å². The fourth-order valence-corrected chi connectivity index (χ4v) is 8.06. The molecule has 0 bridgehead atoms. The van der Waals surface area contributed by atoms with Crippen LogP contribution in [0.15, 0.2) is 101 Å². The molecule has 3 heterocycles. The normalized spacial score (nSPS) is 13.3. The number of fused-ring (bicyclic) bond motifs is 2. The highest BCUT2D eigenvalue weighted by Gasteiger charge is 2.29. The third-order valence-electron chi connectivity index (χ3n) is 11.6. The van der Waals surface area contributed by atoms with Gasteiger partial charge < -0.3 is 53.6 Å². The quantitative estimate of drug-likeness (QED) is 0.0777. The first-order valence-electron chi connectivity index (χ1n) is 20.7. The molecule has 2 fully saturated rings. The van der Waals surface area contributed by atoms with Gasteiger partial charge in [-0.3, -0.25) is 14.4 Å². The molecular weight excluding hydrogens is 807 g/mol. The van der Waals surface area contributed by atoms with Crippen LogP contribution in [-0.2, 0) is 9.59 Å². The van der Waals surface area contributed by atoms with Crippen LogP contribution in [0, 0.1) is 0 Å². The van der Waals surface area contributed by atoms with Crippen LogP contribution in [0.3, 0.4) is 0 Å². The van der Waals surface area contributed by atoms with Crippen molar-refractivity contribution in [3.63, 3.8) is 0 Å². The van der Waals surface area contributed by atoms with Gasteiger partial charge in [0.25, 0.3) is 5.91 Å². The standard InChI is InChI=1S/C48H47N5O10/c1-49(28-43(54)55)37-11-4-5-12-39(37)61-23-24-62-42-25-30(15-18-38(42)50(2)29-44(56)57)51(3)47(58)35-9-6-10-36(48(59)60)46(35)45-33-16-13-31(52-19-7-20-52)26-40(33)63-41-27-32(14-17-34(41)45)53-21-8-22-53/h4-6,9-18,25-27H,7-8,19-24,28-29H2,1-3H3,(H2-,54,55,56,57,59,60). The van der Waals surface area contributed by atoms with E-state index < -0.39 is 23.8 Å². The number of hydrogen-bond donors (Lipinski definition) is 2. The average Bonchev–Trinajstić information content (AvgIpc) is 3.21. The van der Waals surface area contributed by atoms with Crippen LogP contribution in [0.4, 0.5) is 22.7 Å². The highest BCUT2D eigenvalue weighted by Crippen LogP contribution is 2.44. The molecule has 4 aromatic rings. The third-order valence-corrected chi connectivity index (χ3v) is 11.6. The molecule has 4 aromatic carbocycles. The lowest BCUT2D eigenvalue weighted by Crippen LogP contribution is -2.40. The van der Waals surface area contributed by atoms with Gasteiger partial charge >= 0.3 is 11.9 Å². The molecule has 2 N–H and O–H groups in total. The number of aliphatic carboxylic acids is 2. The Morgan fingerprint density at radius 1 is 0.730 bits per heavy atom. The molecule has 0 aromatic heterocycles. The Labute approximate surface area is 363 Å². The number of rotatable bonds is 16. The Kier molecular flexibility index (Phi) is 11.9. The maximum absolute atomic E-state index is 14.9. The van der Waals surface area contributed by atoms with Crippen LogP contribution in [0.1, 0.15) is 33.6 Å². The first-order valence-corrected chi connectivity index (χ1v) is 20.7. The minimum Gasteiger partial charge on any atom is -0.545 e. The summed E-state index contributed by atoms with van der Waals surface area (Å²) < 4.78 is 21.1. The first-order chi connectivity index (χ1) is 30.4. The van der Waals surface area contributed by atoms with E-state index in [0.717, 1.165) is 50.1 Å². The summed E-state index contributed by atoms with van der Waals surface area (Å²) in [4.78, 5) is 57.7. The summed E-state index contributed by atoms with van der Waals surface area (Å²) in [5, 5.41) is 33.6. The highest BCUT2D eigenvalue weighted by atomic mass is 16.5. The smallest absolute Gasteiger partial charge is 0.323 e. The van der Waals surface area contributed by atoms with E-state index in [0.29, 0.717) is 50.7 Å². The summed E-state index contributed by atoms with van der Waals surface area (Å²) in [5.41, 5.74) is 4.22. The van der Waals surface area contributed by atoms with Gasteiger partial charge in [-0.25, -0.2) is 4.58 Å². The van der Waals surface area contributed by atoms with E-state index in [2.05, 4.69) is 9.48 Å². The second kappa shape index (κ2) is 17.8. The number of carbonyl (C=O) groups excluding carboxylic acids is 2. The summed E-state index contributed by atoms with van der Waals surface area (Å²) in [6, 6.07) is 28.2. The molecule has 0 saturated carbocycles. The second-order valence-electron chi connectivity index (χ2n) is 15.7. The topological polar surface area (TPSA) is 179 Å². The minimum absolute atomic E-state index is 0.00195. The number of carboxylic acid groups (broad SMARTS) is 3. The summed E-state index contributed by atoms with van der Waals surface area (Å²) in [5.74, 6) is -2.77. The number of aromatic carboxylic acids is 1. The van der Waals surface area contributed by atoms with Crippen LogP contribution in [0.2, 0.25) is 0 Å². The van der Waals surface area contributed by atoms with E-state index in [1.165, 1.54) is 21.9 Å². The summed E-state index contributed by atoms with van der Waals surface area (Å²) >= 11 is 0. The van der Waals surface area contributed by atoms with Crippen molar-refractivity contribution in [2.45, 2.75) is 12.8 Å². The molecule has 0 spiro atoms. The molecule has 0 radical (unpaired) electrons. The molecular formula is C48H47N5O10. The van der Waals surface area contributed by atoms with E-state index in [4.69, 9.17) is 13.9 Å². The Morgan fingerprint density at radius 3 is 2.06 bits per heavy atom. The van der Waals surface area contributed by atoms with Gasteiger partial charge in [-0.05, 0) is 55.0 Å². The molecule has 15 heteroatoms. The molecule has 2 saturated heterocycles. The number of ether oxygens (including phenoxy) is 2. The lowest BCUT2D eigenvalue weighted by molar-refractivity contribution is -0.255. The van der Waals surface area contributed by atoms with Crippen molar-refractivity contribution in [1.29, 1.82) is 0 Å². The van der Waals surface area contributed by atoms with E-state index >= 15 is 0 Å². The molecule has 3 aliphatic heterocycles. The number of para-hydroxylation sites is 2. The van der Waals surface area contributed by atoms with Gasteiger partial charge in [-0.1, -0.05) is 24.3 Å². The van der Waals surface area contributed by atoms with Gasteiger partial charge in [0.2, 0.25) is 5.36 Å². The first kappa shape index (κ1) is 42.2. The Balaban J connectivity index is 1.17. The minimum atomic E-state index is -1.45. The van der Waals surface area contributed by atoms with Gasteiger partial charge in [-0.2, -0.15) is 0 Å². The summed E-state index contributed by atoms with van der Waals surface area (Å²) in [6.45, 7) is 3.15. The van der Waals surface area contributed by atoms with Crippen LogP contribution in [-0.4, -0.2) is 108 Å². The predicted octanol–water partition coefficient (Wildman–Crippen LogP) is 4.73. The Bertz CT molecular complexity index is 2790. The zero-order chi connectivity index (χ0) is 44.4. The van der Waals surface area contributed by atoms with Crippen molar-refractivity contribution in [1.82, 2.24) is 4.58 Å².